The van der Waals surface area contributed by atoms with Gasteiger partial charge in [-0.3, -0.25) is 0 Å². The Morgan fingerprint density at radius 1 is 1.45 bits per heavy atom. The summed E-state index contributed by atoms with van der Waals surface area (Å²) >= 11 is 0. The molecule has 0 amide bonds. The van der Waals surface area contributed by atoms with Crippen LogP contribution in [0.1, 0.15) is 24.3 Å². The molecule has 0 aliphatic rings. The molecule has 10 heteroatoms. The Balaban J connectivity index is 3.19. The summed E-state index contributed by atoms with van der Waals surface area (Å²) in [6, 6.07) is -0.145. The highest BCUT2D eigenvalue weighted by Gasteiger charge is 2.38. The molecule has 0 fully saturated rings. The zero-order valence-corrected chi connectivity index (χ0v) is 11.4. The highest BCUT2D eigenvalue weighted by atomic mass is 32.2. The molecule has 0 saturated heterocycles. The lowest BCUT2D eigenvalue weighted by Gasteiger charge is -2.26. The number of halogens is 3. The van der Waals surface area contributed by atoms with E-state index in [2.05, 4.69) is 4.98 Å². The zero-order valence-electron chi connectivity index (χ0n) is 10.6. The van der Waals surface area contributed by atoms with E-state index in [1.54, 1.807) is 0 Å². The van der Waals surface area contributed by atoms with E-state index in [4.69, 9.17) is 5.11 Å². The number of aromatic nitrogens is 1. The summed E-state index contributed by atoms with van der Waals surface area (Å²) in [5, 5.41) is 8.68. The van der Waals surface area contributed by atoms with Gasteiger partial charge in [-0.15, -0.1) is 0 Å². The normalized spacial score (nSPS) is 13.2. The number of nitrogens with one attached hydrogen (secondary N) is 1. The van der Waals surface area contributed by atoms with Crippen molar-refractivity contribution < 1.29 is 31.5 Å². The molecule has 1 heterocycles. The van der Waals surface area contributed by atoms with Crippen LogP contribution in [-0.2, 0) is 10.0 Å². The highest BCUT2D eigenvalue weighted by Crippen LogP contribution is 2.25. The van der Waals surface area contributed by atoms with E-state index in [-0.39, 0.29) is 4.31 Å². The Morgan fingerprint density at radius 2 is 2.00 bits per heavy atom. The minimum absolute atomic E-state index is 0.266. The van der Waals surface area contributed by atoms with Gasteiger partial charge in [0.15, 0.2) is 0 Å². The molecular weight excluding hydrogens is 301 g/mol. The van der Waals surface area contributed by atoms with Gasteiger partial charge < -0.3 is 10.1 Å². The van der Waals surface area contributed by atoms with E-state index in [1.165, 1.54) is 13.8 Å². The number of carbonyl (C=O) groups is 1. The Morgan fingerprint density at radius 3 is 2.35 bits per heavy atom. The van der Waals surface area contributed by atoms with Gasteiger partial charge in [0.05, 0.1) is 0 Å². The van der Waals surface area contributed by atoms with Gasteiger partial charge in [-0.05, 0) is 19.9 Å². The Labute approximate surface area is 113 Å². The SMILES string of the molecule is CC(C)N(CC(F)(F)F)S(=O)(=O)c1c[nH]c(C(=O)O)c1. The third kappa shape index (κ3) is 3.73. The number of carboxylic acid groups (broad SMARTS) is 1. The van der Waals surface area contributed by atoms with E-state index in [0.717, 1.165) is 12.3 Å². The maximum absolute atomic E-state index is 12.4. The summed E-state index contributed by atoms with van der Waals surface area (Å²) in [6.45, 7) is 0.961. The van der Waals surface area contributed by atoms with Crippen molar-refractivity contribution in [1.29, 1.82) is 0 Å². The number of alkyl halides is 3. The number of nitrogens with zero attached hydrogens (tertiary/aromatic N) is 1. The Kier molecular flexibility index (Phi) is 4.49. The van der Waals surface area contributed by atoms with Crippen LogP contribution in [0.15, 0.2) is 17.2 Å². The van der Waals surface area contributed by atoms with E-state index >= 15 is 0 Å². The number of sulfonamides is 1. The van der Waals surface area contributed by atoms with Gasteiger partial charge in [-0.2, -0.15) is 17.5 Å². The van der Waals surface area contributed by atoms with Crippen LogP contribution in [0.5, 0.6) is 0 Å². The minimum Gasteiger partial charge on any atom is -0.477 e. The van der Waals surface area contributed by atoms with Crippen LogP contribution in [0.3, 0.4) is 0 Å². The molecule has 0 radical (unpaired) electrons. The molecule has 0 spiro atoms. The van der Waals surface area contributed by atoms with Gasteiger partial charge in [-0.25, -0.2) is 13.2 Å². The maximum Gasteiger partial charge on any atom is 0.402 e. The maximum atomic E-state index is 12.4. The first-order valence-electron chi connectivity index (χ1n) is 5.45. The number of rotatable bonds is 5. The van der Waals surface area contributed by atoms with Gasteiger partial charge >= 0.3 is 12.1 Å². The fraction of sp³-hybridized carbons (Fsp3) is 0.500. The predicted molar refractivity (Wildman–Crippen MR) is 62.8 cm³/mol. The first-order chi connectivity index (χ1) is 8.95. The molecule has 1 aromatic heterocycles. The molecule has 1 rings (SSSR count). The van der Waals surface area contributed by atoms with Crippen LogP contribution >= 0.6 is 0 Å². The van der Waals surface area contributed by atoms with Crippen LogP contribution in [-0.4, -0.2) is 47.5 Å². The molecule has 0 saturated carbocycles. The lowest BCUT2D eigenvalue weighted by molar-refractivity contribution is -0.138. The molecular formula is C10H13F3N2O4S. The zero-order chi connectivity index (χ0) is 15.7. The number of aromatic amines is 1. The Bertz CT molecular complexity index is 592. The van der Waals surface area contributed by atoms with Gasteiger partial charge in [0, 0.05) is 12.2 Å². The van der Waals surface area contributed by atoms with E-state index in [1.807, 2.05) is 0 Å². The van der Waals surface area contributed by atoms with Gasteiger partial charge in [-0.1, -0.05) is 0 Å². The van der Waals surface area contributed by atoms with Crippen molar-refractivity contribution in [1.82, 2.24) is 9.29 Å². The molecule has 114 valence electrons. The number of H-pyrrole nitrogens is 1. The van der Waals surface area contributed by atoms with E-state index in [0.29, 0.717) is 0 Å². The third-order valence-electron chi connectivity index (χ3n) is 2.40. The van der Waals surface area contributed by atoms with Gasteiger partial charge in [0.25, 0.3) is 0 Å². The molecule has 6 nitrogen and oxygen atoms in total. The van der Waals surface area contributed by atoms with Crippen molar-refractivity contribution in [2.75, 3.05) is 6.54 Å². The topological polar surface area (TPSA) is 90.5 Å². The summed E-state index contributed by atoms with van der Waals surface area (Å²) in [5.41, 5.74) is -0.417. The quantitative estimate of drug-likeness (QED) is 0.865. The summed E-state index contributed by atoms with van der Waals surface area (Å²) in [7, 11) is -4.43. The molecule has 20 heavy (non-hydrogen) atoms. The lowest BCUT2D eigenvalue weighted by atomic mass is 10.4. The summed E-state index contributed by atoms with van der Waals surface area (Å²) < 4.78 is 61.8. The molecule has 2 N–H and O–H groups in total. The first-order valence-corrected chi connectivity index (χ1v) is 6.89. The number of hydrogen-bond donors (Lipinski definition) is 2. The Hall–Kier alpha value is -1.55. The molecule has 0 aliphatic carbocycles. The average Bonchev–Trinajstić information content (AvgIpc) is 2.73. The van der Waals surface area contributed by atoms with Crippen LogP contribution in [0.25, 0.3) is 0 Å². The fourth-order valence-corrected chi connectivity index (χ4v) is 3.12. The van der Waals surface area contributed by atoms with Crippen LogP contribution < -0.4 is 0 Å². The molecule has 0 atom stereocenters. The van der Waals surface area contributed by atoms with E-state index < -0.39 is 45.3 Å². The monoisotopic (exact) mass is 314 g/mol. The van der Waals surface area contributed by atoms with Crippen molar-refractivity contribution in [3.05, 3.63) is 18.0 Å². The standard InChI is InChI=1S/C10H13F3N2O4S/c1-6(2)15(5-10(11,12)13)20(18,19)7-3-8(9(16)17)14-4-7/h3-4,6,14H,5H2,1-2H3,(H,16,17). The molecule has 0 unspecified atom stereocenters. The second kappa shape index (κ2) is 5.44. The average molecular weight is 314 g/mol. The molecule has 1 aromatic rings. The van der Waals surface area contributed by atoms with Crippen molar-refractivity contribution in [3.63, 3.8) is 0 Å². The van der Waals surface area contributed by atoms with Crippen molar-refractivity contribution >= 4 is 16.0 Å². The van der Waals surface area contributed by atoms with Crippen molar-refractivity contribution in [3.8, 4) is 0 Å². The second-order valence-electron chi connectivity index (χ2n) is 4.31. The second-order valence-corrected chi connectivity index (χ2v) is 6.20. The number of carboxylic acids is 1. The van der Waals surface area contributed by atoms with Crippen LogP contribution in [0, 0.1) is 0 Å². The predicted octanol–water partition coefficient (Wildman–Crippen LogP) is 1.67. The third-order valence-corrected chi connectivity index (χ3v) is 4.40. The fourth-order valence-electron chi connectivity index (χ4n) is 1.50. The molecule has 0 aromatic carbocycles. The number of aromatic carboxylic acids is 1. The molecule has 0 aliphatic heterocycles. The van der Waals surface area contributed by atoms with Crippen molar-refractivity contribution in [2.24, 2.45) is 0 Å². The summed E-state index contributed by atoms with van der Waals surface area (Å²) in [4.78, 5) is 12.3. The number of hydrogen-bond acceptors (Lipinski definition) is 3. The molecule has 0 bridgehead atoms. The van der Waals surface area contributed by atoms with Gasteiger partial charge in [0.1, 0.15) is 17.1 Å². The minimum atomic E-state index is -4.69. The van der Waals surface area contributed by atoms with Crippen molar-refractivity contribution in [2.45, 2.75) is 31.0 Å². The smallest absolute Gasteiger partial charge is 0.402 e. The largest absolute Gasteiger partial charge is 0.477 e. The summed E-state index contributed by atoms with van der Waals surface area (Å²) in [6.07, 6.45) is -3.84. The lowest BCUT2D eigenvalue weighted by Crippen LogP contribution is -2.43. The highest BCUT2D eigenvalue weighted by molar-refractivity contribution is 7.89. The first kappa shape index (κ1) is 16.5. The van der Waals surface area contributed by atoms with Crippen LogP contribution in [0.2, 0.25) is 0 Å². The summed E-state index contributed by atoms with van der Waals surface area (Å²) in [5.74, 6) is -1.40. The van der Waals surface area contributed by atoms with Crippen LogP contribution in [0.4, 0.5) is 13.2 Å². The van der Waals surface area contributed by atoms with E-state index in [9.17, 15) is 26.4 Å². The van der Waals surface area contributed by atoms with Gasteiger partial charge in [0.2, 0.25) is 10.0 Å².